The van der Waals surface area contributed by atoms with Crippen molar-refractivity contribution in [2.45, 2.75) is 142 Å². The predicted octanol–water partition coefficient (Wildman–Crippen LogP) is 9.79. The van der Waals surface area contributed by atoms with E-state index in [1.54, 1.807) is 21.1 Å². The van der Waals surface area contributed by atoms with Crippen molar-refractivity contribution in [1.29, 1.82) is 0 Å². The van der Waals surface area contributed by atoms with Crippen LogP contribution in [0.3, 0.4) is 0 Å². The number of carbonyl (C=O) groups is 3. The Bertz CT molecular complexity index is 1220. The topological polar surface area (TPSA) is 102 Å². The maximum absolute atomic E-state index is 12.7. The minimum absolute atomic E-state index is 0.0162. The lowest BCUT2D eigenvalue weighted by Crippen LogP contribution is -2.55. The highest BCUT2D eigenvalue weighted by Gasteiger charge is 2.25. The summed E-state index contributed by atoms with van der Waals surface area (Å²) in [6, 6.07) is -0.740. The number of carboxylic acids is 1. The summed E-state index contributed by atoms with van der Waals surface area (Å²) in [6.07, 6.45) is 48.5. The first-order valence-corrected chi connectivity index (χ1v) is 20.9. The molecule has 0 aliphatic heterocycles. The number of nitrogens with zero attached hydrogens (tertiary/aromatic N) is 1. The van der Waals surface area contributed by atoms with Crippen molar-refractivity contribution in [3.8, 4) is 0 Å². The molecule has 0 heterocycles. The van der Waals surface area contributed by atoms with E-state index in [1.165, 1.54) is 6.42 Å². The third-order valence-corrected chi connectivity index (χ3v) is 8.62. The molecule has 0 bridgehead atoms. The molecule has 0 aliphatic carbocycles. The number of rotatable bonds is 35. The van der Waals surface area contributed by atoms with Crippen LogP contribution in [-0.4, -0.2) is 75.5 Å². The fraction of sp³-hybridized carbons (Fsp3) is 0.596. The number of likely N-dealkylation sites (N-methyl/N-ethyl adjacent to an activating group) is 1. The Hall–Kier alpha value is -3.75. The predicted molar refractivity (Wildman–Crippen MR) is 226 cm³/mol. The van der Waals surface area contributed by atoms with Crippen molar-refractivity contribution in [2.75, 3.05) is 41.0 Å². The van der Waals surface area contributed by atoms with E-state index in [1.807, 2.05) is 48.6 Å². The van der Waals surface area contributed by atoms with Gasteiger partial charge in [0.05, 0.1) is 40.3 Å². The maximum Gasteiger partial charge on any atom is 0.306 e. The number of carbonyl (C=O) groups excluding carboxylic acids is 3. The average Bonchev–Trinajstić information content (AvgIpc) is 3.14. The number of carboxylic acid groups (broad SMARTS) is 1. The number of hydrogen-bond acceptors (Lipinski definition) is 7. The van der Waals surface area contributed by atoms with Gasteiger partial charge in [0, 0.05) is 19.3 Å². The molecule has 310 valence electrons. The zero-order valence-corrected chi connectivity index (χ0v) is 35.0. The van der Waals surface area contributed by atoms with Crippen LogP contribution < -0.4 is 5.11 Å². The van der Waals surface area contributed by atoms with Gasteiger partial charge >= 0.3 is 11.9 Å². The summed E-state index contributed by atoms with van der Waals surface area (Å²) in [4.78, 5) is 36.8. The summed E-state index contributed by atoms with van der Waals surface area (Å²) in [5, 5.41) is 11.6. The molecule has 0 aliphatic rings. The molecule has 0 aromatic heterocycles. The lowest BCUT2D eigenvalue weighted by molar-refractivity contribution is -0.889. The zero-order chi connectivity index (χ0) is 40.7. The maximum atomic E-state index is 12.7. The Morgan fingerprint density at radius 3 is 1.51 bits per heavy atom. The van der Waals surface area contributed by atoms with E-state index < -0.39 is 18.1 Å². The molecule has 0 N–H and O–H groups in total. The van der Waals surface area contributed by atoms with Crippen molar-refractivity contribution in [3.63, 3.8) is 0 Å². The summed E-state index contributed by atoms with van der Waals surface area (Å²) in [5.74, 6) is -1.81. The minimum atomic E-state index is -1.14. The van der Waals surface area contributed by atoms with E-state index in [-0.39, 0.29) is 49.1 Å². The molecule has 8 heteroatoms. The van der Waals surface area contributed by atoms with E-state index >= 15 is 0 Å². The molecule has 0 saturated heterocycles. The Kier molecular flexibility index (Phi) is 34.7. The monoisotopic (exact) mass is 766 g/mol. The standard InChI is InChI=1S/C47H75NO7/c1-6-8-10-12-14-16-18-20-21-22-23-24-26-28-30-32-34-36-38-46(50)55-43(41-53-40-39-44(47(51)52)48(3,4)5)42-54-45(49)37-35-33-31-29-27-25-19-17-15-13-11-9-7-2/h9-24,43-44H,6-8,25-42H2,1-5H3/b11-9+,12-10+,15-13+,16-14+,19-17+,20-18+,22-21+,24-23+. The van der Waals surface area contributed by atoms with Gasteiger partial charge in [0.25, 0.3) is 0 Å². The molecule has 0 aromatic carbocycles. The molecule has 0 rings (SSSR count). The van der Waals surface area contributed by atoms with Crippen LogP contribution in [0.25, 0.3) is 0 Å². The van der Waals surface area contributed by atoms with Crippen LogP contribution in [0.4, 0.5) is 0 Å². The van der Waals surface area contributed by atoms with Gasteiger partial charge in [0.2, 0.25) is 0 Å². The molecular formula is C47H75NO7. The second kappa shape index (κ2) is 37.2. The van der Waals surface area contributed by atoms with E-state index in [0.717, 1.165) is 89.9 Å². The smallest absolute Gasteiger partial charge is 0.306 e. The molecule has 0 spiro atoms. The van der Waals surface area contributed by atoms with Gasteiger partial charge in [-0.05, 0) is 51.4 Å². The van der Waals surface area contributed by atoms with Gasteiger partial charge in [0.1, 0.15) is 12.6 Å². The third kappa shape index (κ3) is 35.7. The van der Waals surface area contributed by atoms with Crippen LogP contribution in [0, 0.1) is 0 Å². The van der Waals surface area contributed by atoms with Crippen LogP contribution in [0.2, 0.25) is 0 Å². The van der Waals surface area contributed by atoms with E-state index in [0.29, 0.717) is 6.42 Å². The van der Waals surface area contributed by atoms with Gasteiger partial charge in [-0.25, -0.2) is 0 Å². The summed E-state index contributed by atoms with van der Waals surface area (Å²) in [7, 11) is 5.37. The quantitative estimate of drug-likeness (QED) is 0.0274. The van der Waals surface area contributed by atoms with Crippen molar-refractivity contribution in [1.82, 2.24) is 0 Å². The van der Waals surface area contributed by atoms with E-state index in [4.69, 9.17) is 14.2 Å². The Morgan fingerprint density at radius 2 is 1.02 bits per heavy atom. The average molecular weight is 766 g/mol. The van der Waals surface area contributed by atoms with E-state index in [2.05, 4.69) is 62.5 Å². The fourth-order valence-corrected chi connectivity index (χ4v) is 5.39. The molecule has 0 aromatic rings. The SMILES string of the molecule is CC/C=C/C=C/C=C/CCCCCCCC(=O)OCC(COCCC(C(=O)[O-])[N+](C)(C)C)OC(=O)CCCCCCC/C=C/C=C/C=C/C=C/C=C/CCC. The number of quaternary nitrogens is 1. The van der Waals surface area contributed by atoms with E-state index in [9.17, 15) is 19.5 Å². The lowest BCUT2D eigenvalue weighted by Gasteiger charge is -2.34. The van der Waals surface area contributed by atoms with Crippen LogP contribution in [0.5, 0.6) is 0 Å². The number of aliphatic carboxylic acids is 1. The van der Waals surface area contributed by atoms with Gasteiger partial charge in [-0.3, -0.25) is 9.59 Å². The van der Waals surface area contributed by atoms with Gasteiger partial charge < -0.3 is 28.6 Å². The number of esters is 2. The highest BCUT2D eigenvalue weighted by atomic mass is 16.6. The summed E-state index contributed by atoms with van der Waals surface area (Å²) in [6.45, 7) is 4.36. The Balaban J connectivity index is 4.49. The first-order chi connectivity index (χ1) is 26.6. The minimum Gasteiger partial charge on any atom is -0.544 e. The van der Waals surface area contributed by atoms with Crippen molar-refractivity contribution in [3.05, 3.63) is 97.2 Å². The summed E-state index contributed by atoms with van der Waals surface area (Å²) >= 11 is 0. The lowest BCUT2D eigenvalue weighted by atomic mass is 10.1. The van der Waals surface area contributed by atoms with Gasteiger partial charge in [0.15, 0.2) is 6.10 Å². The van der Waals surface area contributed by atoms with Crippen molar-refractivity contribution < 1.29 is 38.2 Å². The van der Waals surface area contributed by atoms with Crippen LogP contribution >= 0.6 is 0 Å². The number of ether oxygens (including phenoxy) is 3. The van der Waals surface area contributed by atoms with Gasteiger partial charge in [-0.15, -0.1) is 0 Å². The number of allylic oxidation sites excluding steroid dienone is 16. The van der Waals surface area contributed by atoms with Crippen molar-refractivity contribution >= 4 is 17.9 Å². The number of unbranched alkanes of at least 4 members (excludes halogenated alkanes) is 11. The van der Waals surface area contributed by atoms with Gasteiger partial charge in [-0.1, -0.05) is 156 Å². The molecule has 0 fully saturated rings. The highest BCUT2D eigenvalue weighted by molar-refractivity contribution is 5.70. The first-order valence-electron chi connectivity index (χ1n) is 20.9. The molecular weight excluding hydrogens is 691 g/mol. The zero-order valence-electron chi connectivity index (χ0n) is 35.0. The largest absolute Gasteiger partial charge is 0.544 e. The molecule has 0 amide bonds. The Labute approximate surface area is 335 Å². The van der Waals surface area contributed by atoms with Crippen LogP contribution in [0.1, 0.15) is 129 Å². The second-order valence-electron chi connectivity index (χ2n) is 14.7. The number of hydrogen-bond donors (Lipinski definition) is 0. The first kappa shape index (κ1) is 51.2. The van der Waals surface area contributed by atoms with Gasteiger partial charge in [-0.2, -0.15) is 0 Å². The summed E-state index contributed by atoms with van der Waals surface area (Å²) in [5.41, 5.74) is 0. The normalized spacial score (nSPS) is 14.0. The van der Waals surface area contributed by atoms with Crippen LogP contribution in [0.15, 0.2) is 97.2 Å². The molecule has 0 saturated carbocycles. The molecule has 8 nitrogen and oxygen atoms in total. The summed E-state index contributed by atoms with van der Waals surface area (Å²) < 4.78 is 17.1. The third-order valence-electron chi connectivity index (χ3n) is 8.62. The fourth-order valence-electron chi connectivity index (χ4n) is 5.39. The van der Waals surface area contributed by atoms with Crippen molar-refractivity contribution in [2.24, 2.45) is 0 Å². The molecule has 0 radical (unpaired) electrons. The molecule has 2 unspecified atom stereocenters. The van der Waals surface area contributed by atoms with Crippen LogP contribution in [-0.2, 0) is 28.6 Å². The highest BCUT2D eigenvalue weighted by Crippen LogP contribution is 2.12. The molecule has 2 atom stereocenters. The Morgan fingerprint density at radius 1 is 0.564 bits per heavy atom. The second-order valence-corrected chi connectivity index (χ2v) is 14.7. The molecule has 55 heavy (non-hydrogen) atoms.